The van der Waals surface area contributed by atoms with Gasteiger partial charge in [-0.15, -0.1) is 0 Å². The minimum Gasteiger partial charge on any atom is -0.211 e. The SMILES string of the molecule is CC1CCC(N=C=O)CC1.CCCCN=C=O.Cc1ccc(CN=C=O)cc1. The number of rotatable bonds is 6. The molecule has 152 valence electrons. The maximum Gasteiger partial charge on any atom is 0.235 e. The van der Waals surface area contributed by atoms with Crippen LogP contribution in [-0.2, 0) is 20.9 Å². The van der Waals surface area contributed by atoms with E-state index in [2.05, 4.69) is 28.8 Å². The summed E-state index contributed by atoms with van der Waals surface area (Å²) in [4.78, 5) is 39.5. The van der Waals surface area contributed by atoms with Crippen LogP contribution < -0.4 is 0 Å². The standard InChI is InChI=1S/C9H9NO.C8H13NO.C5H9NO/c1-8-2-4-9(5-3-8)6-10-7-11;1-7-2-4-8(5-3-7)9-6-10;1-2-3-4-6-5-7/h2-5H,6H2,1H3;7-8H,2-5H2,1H3;2-4H2,1H3. The van der Waals surface area contributed by atoms with Gasteiger partial charge in [0.05, 0.1) is 19.1 Å². The van der Waals surface area contributed by atoms with Gasteiger partial charge >= 0.3 is 0 Å². The van der Waals surface area contributed by atoms with E-state index in [0.717, 1.165) is 37.2 Å². The molecule has 1 fully saturated rings. The van der Waals surface area contributed by atoms with E-state index in [1.807, 2.05) is 31.2 Å². The molecule has 1 aliphatic rings. The van der Waals surface area contributed by atoms with Gasteiger partial charge in [-0.2, -0.15) is 0 Å². The van der Waals surface area contributed by atoms with E-state index in [1.165, 1.54) is 30.6 Å². The molecule has 1 aromatic rings. The second kappa shape index (κ2) is 17.8. The Morgan fingerprint density at radius 2 is 1.54 bits per heavy atom. The highest BCUT2D eigenvalue weighted by atomic mass is 16.1. The first-order valence-electron chi connectivity index (χ1n) is 9.77. The van der Waals surface area contributed by atoms with Crippen LogP contribution in [0.25, 0.3) is 0 Å². The number of benzene rings is 1. The summed E-state index contributed by atoms with van der Waals surface area (Å²) in [7, 11) is 0. The molecule has 28 heavy (non-hydrogen) atoms. The molecule has 2 rings (SSSR count). The van der Waals surface area contributed by atoms with Crippen LogP contribution in [0.5, 0.6) is 0 Å². The quantitative estimate of drug-likeness (QED) is 0.398. The lowest BCUT2D eigenvalue weighted by Crippen LogP contribution is -2.14. The summed E-state index contributed by atoms with van der Waals surface area (Å²) in [5.41, 5.74) is 2.25. The van der Waals surface area contributed by atoms with E-state index in [9.17, 15) is 14.4 Å². The van der Waals surface area contributed by atoms with Crippen molar-refractivity contribution in [2.75, 3.05) is 6.54 Å². The number of nitrogens with zero attached hydrogens (tertiary/aromatic N) is 3. The zero-order valence-corrected chi connectivity index (χ0v) is 17.2. The number of isocyanates is 3. The normalized spacial score (nSPS) is 17.1. The fourth-order valence-electron chi connectivity index (χ4n) is 2.55. The maximum absolute atomic E-state index is 9.86. The number of carbonyl (C=O) groups excluding carboxylic acids is 3. The van der Waals surface area contributed by atoms with Crippen LogP contribution in [0.15, 0.2) is 39.2 Å². The molecule has 0 amide bonds. The van der Waals surface area contributed by atoms with Gasteiger partial charge in [-0.1, -0.05) is 50.1 Å². The zero-order valence-electron chi connectivity index (χ0n) is 17.2. The van der Waals surface area contributed by atoms with Gasteiger partial charge in [-0.05, 0) is 50.5 Å². The Bertz CT molecular complexity index is 661. The predicted molar refractivity (Wildman–Crippen MR) is 110 cm³/mol. The minimum absolute atomic E-state index is 0.286. The van der Waals surface area contributed by atoms with E-state index in [0.29, 0.717) is 13.1 Å². The van der Waals surface area contributed by atoms with Crippen molar-refractivity contribution in [2.45, 2.75) is 71.9 Å². The third-order valence-electron chi connectivity index (χ3n) is 4.36. The van der Waals surface area contributed by atoms with Gasteiger partial charge in [0.25, 0.3) is 0 Å². The summed E-state index contributed by atoms with van der Waals surface area (Å²) < 4.78 is 0. The van der Waals surface area contributed by atoms with Crippen LogP contribution in [0.1, 0.15) is 63.5 Å². The van der Waals surface area contributed by atoms with E-state index in [-0.39, 0.29) is 6.04 Å². The molecule has 1 aromatic carbocycles. The highest BCUT2D eigenvalue weighted by Gasteiger charge is 2.16. The van der Waals surface area contributed by atoms with Crippen LogP contribution in [0.3, 0.4) is 0 Å². The lowest BCUT2D eigenvalue weighted by molar-refractivity contribution is 0.348. The largest absolute Gasteiger partial charge is 0.235 e. The van der Waals surface area contributed by atoms with Crippen LogP contribution >= 0.6 is 0 Å². The Morgan fingerprint density at radius 1 is 0.929 bits per heavy atom. The molecule has 0 heterocycles. The molecule has 0 spiro atoms. The lowest BCUT2D eigenvalue weighted by atomic mass is 9.88. The van der Waals surface area contributed by atoms with Crippen molar-refractivity contribution in [1.29, 1.82) is 0 Å². The average Bonchev–Trinajstić information content (AvgIpc) is 2.71. The van der Waals surface area contributed by atoms with Gasteiger partial charge in [-0.3, -0.25) is 0 Å². The fraction of sp³-hybridized carbons (Fsp3) is 0.591. The van der Waals surface area contributed by atoms with E-state index in [4.69, 9.17) is 0 Å². The summed E-state index contributed by atoms with van der Waals surface area (Å²) in [5, 5.41) is 0. The van der Waals surface area contributed by atoms with Crippen LogP contribution in [0, 0.1) is 12.8 Å². The molecule has 1 aliphatic carbocycles. The fourth-order valence-corrected chi connectivity index (χ4v) is 2.55. The molecular weight excluding hydrogens is 354 g/mol. The summed E-state index contributed by atoms with van der Waals surface area (Å²) in [5.74, 6) is 0.832. The molecule has 0 bridgehead atoms. The van der Waals surface area contributed by atoms with Crippen LogP contribution in [0.4, 0.5) is 0 Å². The van der Waals surface area contributed by atoms with Crippen molar-refractivity contribution in [1.82, 2.24) is 0 Å². The number of aryl methyl sites for hydroxylation is 1. The van der Waals surface area contributed by atoms with Crippen molar-refractivity contribution >= 4 is 18.2 Å². The molecule has 0 radical (unpaired) electrons. The Kier molecular flexibility index (Phi) is 16.1. The molecule has 0 unspecified atom stereocenters. The lowest BCUT2D eigenvalue weighted by Gasteiger charge is -2.21. The Balaban J connectivity index is 0.000000402. The number of hydrogen-bond donors (Lipinski definition) is 0. The van der Waals surface area contributed by atoms with Crippen molar-refractivity contribution in [2.24, 2.45) is 20.9 Å². The van der Waals surface area contributed by atoms with E-state index < -0.39 is 0 Å². The van der Waals surface area contributed by atoms with Gasteiger partial charge in [0.1, 0.15) is 0 Å². The molecule has 0 aliphatic heterocycles. The van der Waals surface area contributed by atoms with E-state index in [1.54, 1.807) is 6.08 Å². The minimum atomic E-state index is 0.286. The van der Waals surface area contributed by atoms with Crippen molar-refractivity contribution in [3.63, 3.8) is 0 Å². The Labute approximate surface area is 167 Å². The van der Waals surface area contributed by atoms with Crippen molar-refractivity contribution < 1.29 is 14.4 Å². The van der Waals surface area contributed by atoms with Crippen molar-refractivity contribution in [3.8, 4) is 0 Å². The summed E-state index contributed by atoms with van der Waals surface area (Å²) in [6, 6.07) is 8.19. The highest BCUT2D eigenvalue weighted by molar-refractivity contribution is 5.34. The second-order valence-corrected chi connectivity index (χ2v) is 6.85. The summed E-state index contributed by atoms with van der Waals surface area (Å²) >= 11 is 0. The summed E-state index contributed by atoms with van der Waals surface area (Å²) in [6.07, 6.45) is 11.3. The first-order valence-corrected chi connectivity index (χ1v) is 9.77. The number of unbranched alkanes of at least 4 members (excludes halogenated alkanes) is 1. The Morgan fingerprint density at radius 3 is 2.04 bits per heavy atom. The smallest absolute Gasteiger partial charge is 0.211 e. The monoisotopic (exact) mass is 385 g/mol. The van der Waals surface area contributed by atoms with Crippen LogP contribution in [0.2, 0.25) is 0 Å². The molecule has 0 saturated heterocycles. The number of aliphatic imine (C=N–C) groups is 3. The van der Waals surface area contributed by atoms with Gasteiger partial charge in [-0.25, -0.2) is 29.4 Å². The Hall–Kier alpha value is -2.64. The third kappa shape index (κ3) is 14.5. The molecule has 1 saturated carbocycles. The maximum atomic E-state index is 9.86. The van der Waals surface area contributed by atoms with Gasteiger partial charge < -0.3 is 0 Å². The highest BCUT2D eigenvalue weighted by Crippen LogP contribution is 2.24. The molecule has 0 N–H and O–H groups in total. The number of hydrogen-bond acceptors (Lipinski definition) is 6. The summed E-state index contributed by atoms with van der Waals surface area (Å²) in [6.45, 7) is 7.40. The van der Waals surface area contributed by atoms with Gasteiger partial charge in [0, 0.05) is 0 Å². The van der Waals surface area contributed by atoms with Crippen LogP contribution in [-0.4, -0.2) is 30.8 Å². The second-order valence-electron chi connectivity index (χ2n) is 6.85. The first kappa shape index (κ1) is 25.4. The molecule has 0 aromatic heterocycles. The van der Waals surface area contributed by atoms with Gasteiger partial charge in [0.15, 0.2) is 0 Å². The third-order valence-corrected chi connectivity index (χ3v) is 4.36. The molecular formula is C22H31N3O3. The molecule has 6 nitrogen and oxygen atoms in total. The van der Waals surface area contributed by atoms with Crippen molar-refractivity contribution in [3.05, 3.63) is 35.4 Å². The van der Waals surface area contributed by atoms with E-state index >= 15 is 0 Å². The molecule has 6 heteroatoms. The zero-order chi connectivity index (χ0) is 21.0. The molecule has 0 atom stereocenters. The first-order chi connectivity index (χ1) is 13.6. The topological polar surface area (TPSA) is 88.3 Å². The average molecular weight is 386 g/mol. The van der Waals surface area contributed by atoms with Gasteiger partial charge in [0.2, 0.25) is 18.2 Å². The predicted octanol–water partition coefficient (Wildman–Crippen LogP) is 4.85.